The normalized spacial score (nSPS) is 20.1. The van der Waals surface area contributed by atoms with Crippen LogP contribution in [0.25, 0.3) is 0 Å². The van der Waals surface area contributed by atoms with Crippen molar-refractivity contribution in [3.05, 3.63) is 71.8 Å². The third-order valence-corrected chi connectivity index (χ3v) is 5.85. The molecule has 0 unspecified atom stereocenters. The van der Waals surface area contributed by atoms with Crippen molar-refractivity contribution in [2.75, 3.05) is 39.8 Å². The Morgan fingerprint density at radius 1 is 0.897 bits per heavy atom. The number of benzene rings is 2. The number of hydrogen-bond acceptors (Lipinski definition) is 2. The van der Waals surface area contributed by atoms with Crippen LogP contribution in [-0.4, -0.2) is 57.6 Å². The van der Waals surface area contributed by atoms with E-state index < -0.39 is 0 Å². The molecule has 1 heterocycles. The summed E-state index contributed by atoms with van der Waals surface area (Å²) in [5.41, 5.74) is 2.16. The van der Waals surface area contributed by atoms with Gasteiger partial charge in [-0.05, 0) is 18.1 Å². The van der Waals surface area contributed by atoms with Gasteiger partial charge in [-0.2, -0.15) is 0 Å². The molecule has 0 spiro atoms. The zero-order chi connectivity index (χ0) is 20.6. The van der Waals surface area contributed by atoms with Gasteiger partial charge in [0.1, 0.15) is 26.2 Å². The molecule has 0 aromatic heterocycles. The lowest BCUT2D eigenvalue weighted by atomic mass is 9.98. The summed E-state index contributed by atoms with van der Waals surface area (Å²) in [6, 6.07) is 19.9. The Kier molecular flexibility index (Phi) is 7.38. The van der Waals surface area contributed by atoms with Gasteiger partial charge in [-0.1, -0.05) is 60.7 Å². The molecule has 2 aromatic carbocycles. The molecule has 2 aromatic rings. The molecule has 1 aliphatic heterocycles. The van der Waals surface area contributed by atoms with Gasteiger partial charge in [0.2, 0.25) is 0 Å². The molecule has 6 nitrogen and oxygen atoms in total. The zero-order valence-corrected chi connectivity index (χ0v) is 17.3. The largest absolute Gasteiger partial charge is 0.354 e. The van der Waals surface area contributed by atoms with Crippen LogP contribution in [0.15, 0.2) is 60.7 Å². The van der Waals surface area contributed by atoms with Crippen molar-refractivity contribution in [1.29, 1.82) is 0 Å². The number of rotatable bonds is 7. The van der Waals surface area contributed by atoms with Crippen molar-refractivity contribution in [1.82, 2.24) is 10.6 Å². The first-order chi connectivity index (χ1) is 14.1. The monoisotopic (exact) mass is 396 g/mol. The number of quaternary nitrogens is 2. The summed E-state index contributed by atoms with van der Waals surface area (Å²) in [4.78, 5) is 27.3. The van der Waals surface area contributed by atoms with Crippen molar-refractivity contribution in [3.63, 3.8) is 0 Å². The van der Waals surface area contributed by atoms with Crippen molar-refractivity contribution < 1.29 is 19.4 Å². The van der Waals surface area contributed by atoms with E-state index in [0.717, 1.165) is 37.3 Å². The van der Waals surface area contributed by atoms with Crippen LogP contribution in [0.4, 0.5) is 0 Å². The average Bonchev–Trinajstić information content (AvgIpc) is 2.78. The molecule has 3 rings (SSSR count). The maximum atomic E-state index is 13.1. The Morgan fingerprint density at radius 3 is 1.90 bits per heavy atom. The van der Waals surface area contributed by atoms with Gasteiger partial charge in [0.05, 0.1) is 6.04 Å². The molecule has 6 heteroatoms. The number of likely N-dealkylation sites (N-methyl/N-ethyl adjacent to an activating group) is 1. The lowest BCUT2D eigenvalue weighted by molar-refractivity contribution is -1.01. The van der Waals surface area contributed by atoms with E-state index in [9.17, 15) is 9.59 Å². The van der Waals surface area contributed by atoms with Gasteiger partial charge >= 0.3 is 0 Å². The van der Waals surface area contributed by atoms with Gasteiger partial charge in [-0.3, -0.25) is 9.59 Å². The molecule has 1 saturated heterocycles. The quantitative estimate of drug-likeness (QED) is 0.476. The fraction of sp³-hybridized carbons (Fsp3) is 0.391. The summed E-state index contributed by atoms with van der Waals surface area (Å²) in [5, 5.41) is 5.96. The van der Waals surface area contributed by atoms with Crippen LogP contribution in [0.1, 0.15) is 24.1 Å². The van der Waals surface area contributed by atoms with Crippen LogP contribution >= 0.6 is 0 Å². The van der Waals surface area contributed by atoms with Crippen LogP contribution in [0.5, 0.6) is 0 Å². The second-order valence-electron chi connectivity index (χ2n) is 7.74. The van der Waals surface area contributed by atoms with E-state index in [1.807, 2.05) is 43.3 Å². The predicted molar refractivity (Wildman–Crippen MR) is 113 cm³/mol. The van der Waals surface area contributed by atoms with E-state index in [2.05, 4.69) is 34.9 Å². The third kappa shape index (κ3) is 5.65. The standard InChI is InChI=1S/C23H30N4O2/c1-18(27-15-13-26(14-16-27)17-21(28)24-2)23(29)25-22(19-9-5-3-6-10-19)20-11-7-4-8-12-20/h3-12,18,22H,13-17H2,1-2H3,(H,24,28)(H,25,29)/p+2/t18-/m0/s1. The first-order valence-corrected chi connectivity index (χ1v) is 10.4. The second kappa shape index (κ2) is 10.2. The van der Waals surface area contributed by atoms with E-state index >= 15 is 0 Å². The summed E-state index contributed by atoms with van der Waals surface area (Å²) in [5.74, 6) is 0.135. The van der Waals surface area contributed by atoms with Gasteiger partial charge in [-0.25, -0.2) is 0 Å². The molecule has 1 aliphatic rings. The number of nitrogens with one attached hydrogen (secondary N) is 4. The summed E-state index contributed by atoms with van der Waals surface area (Å²) >= 11 is 0. The predicted octanol–water partition coefficient (Wildman–Crippen LogP) is -1.19. The van der Waals surface area contributed by atoms with E-state index in [-0.39, 0.29) is 23.9 Å². The molecule has 4 N–H and O–H groups in total. The molecule has 0 aliphatic carbocycles. The topological polar surface area (TPSA) is 67.1 Å². The van der Waals surface area contributed by atoms with E-state index in [1.165, 1.54) is 9.80 Å². The van der Waals surface area contributed by atoms with Crippen LogP contribution in [-0.2, 0) is 9.59 Å². The first kappa shape index (κ1) is 21.0. The van der Waals surface area contributed by atoms with E-state index in [0.29, 0.717) is 6.54 Å². The van der Waals surface area contributed by atoms with Gasteiger partial charge in [0.15, 0.2) is 12.6 Å². The molecule has 29 heavy (non-hydrogen) atoms. The summed E-state index contributed by atoms with van der Waals surface area (Å²) in [6.07, 6.45) is 0. The number of carbonyl (C=O) groups excluding carboxylic acids is 2. The van der Waals surface area contributed by atoms with Crippen molar-refractivity contribution in [2.45, 2.75) is 19.0 Å². The highest BCUT2D eigenvalue weighted by molar-refractivity contribution is 5.81. The SMILES string of the molecule is CNC(=O)C[NH+]1CC[NH+]([C@@H](C)C(=O)NC(c2ccccc2)c2ccccc2)CC1. The highest BCUT2D eigenvalue weighted by Crippen LogP contribution is 2.21. The maximum Gasteiger partial charge on any atom is 0.278 e. The van der Waals surface area contributed by atoms with Crippen LogP contribution in [0, 0.1) is 0 Å². The molecular formula is C23H32N4O2+2. The smallest absolute Gasteiger partial charge is 0.278 e. The van der Waals surface area contributed by atoms with Crippen molar-refractivity contribution in [3.8, 4) is 0 Å². The molecule has 1 atom stereocenters. The summed E-state index contributed by atoms with van der Waals surface area (Å²) < 4.78 is 0. The maximum absolute atomic E-state index is 13.1. The molecule has 1 fully saturated rings. The Hall–Kier alpha value is -2.70. The second-order valence-corrected chi connectivity index (χ2v) is 7.74. The number of carbonyl (C=O) groups is 2. The number of hydrogen-bond donors (Lipinski definition) is 4. The summed E-state index contributed by atoms with van der Waals surface area (Å²) in [6.45, 7) is 6.10. The van der Waals surface area contributed by atoms with Gasteiger partial charge in [0.25, 0.3) is 11.8 Å². The fourth-order valence-corrected chi connectivity index (χ4v) is 3.95. The molecule has 2 amide bonds. The minimum absolute atomic E-state index is 0.0625. The van der Waals surface area contributed by atoms with Gasteiger partial charge in [-0.15, -0.1) is 0 Å². The average molecular weight is 397 g/mol. The molecule has 0 radical (unpaired) electrons. The Labute approximate surface area is 172 Å². The third-order valence-electron chi connectivity index (χ3n) is 5.85. The lowest BCUT2D eigenvalue weighted by Gasteiger charge is -2.33. The van der Waals surface area contributed by atoms with Gasteiger partial charge < -0.3 is 20.4 Å². The zero-order valence-electron chi connectivity index (χ0n) is 17.3. The Balaban J connectivity index is 1.63. The highest BCUT2D eigenvalue weighted by Gasteiger charge is 2.32. The lowest BCUT2D eigenvalue weighted by Crippen LogP contribution is -3.30. The molecule has 0 saturated carbocycles. The molecule has 154 valence electrons. The molecular weight excluding hydrogens is 364 g/mol. The van der Waals surface area contributed by atoms with Crippen molar-refractivity contribution in [2.24, 2.45) is 0 Å². The highest BCUT2D eigenvalue weighted by atomic mass is 16.2. The van der Waals surface area contributed by atoms with Crippen LogP contribution in [0.3, 0.4) is 0 Å². The Bertz CT molecular complexity index is 750. The van der Waals surface area contributed by atoms with E-state index in [1.54, 1.807) is 7.05 Å². The number of piperazine rings is 1. The Morgan fingerprint density at radius 2 is 1.41 bits per heavy atom. The molecule has 0 bridgehead atoms. The fourth-order valence-electron chi connectivity index (χ4n) is 3.95. The van der Waals surface area contributed by atoms with Crippen molar-refractivity contribution >= 4 is 11.8 Å². The minimum Gasteiger partial charge on any atom is -0.354 e. The number of amides is 2. The first-order valence-electron chi connectivity index (χ1n) is 10.4. The van der Waals surface area contributed by atoms with Crippen LogP contribution < -0.4 is 20.4 Å². The van der Waals surface area contributed by atoms with E-state index in [4.69, 9.17) is 0 Å². The minimum atomic E-state index is -0.160. The van der Waals surface area contributed by atoms with Crippen LogP contribution in [0.2, 0.25) is 0 Å². The van der Waals surface area contributed by atoms with Gasteiger partial charge in [0, 0.05) is 7.05 Å². The summed E-state index contributed by atoms with van der Waals surface area (Å²) in [7, 11) is 1.67.